The second-order valence-electron chi connectivity index (χ2n) is 2.44. The fourth-order valence-corrected chi connectivity index (χ4v) is 1.74. The smallest absolute Gasteiger partial charge is 0.0791 e. The third-order valence-corrected chi connectivity index (χ3v) is 2.73. The predicted octanol–water partition coefficient (Wildman–Crippen LogP) is 3.49. The lowest BCUT2D eigenvalue weighted by atomic mass is 10.3. The van der Waals surface area contributed by atoms with Crippen LogP contribution in [0, 0.1) is 0 Å². The number of nitrogens with one attached hydrogen (secondary N) is 1. The molecule has 0 spiro atoms. The van der Waals surface area contributed by atoms with Crippen molar-refractivity contribution in [3.05, 3.63) is 24.3 Å². The van der Waals surface area contributed by atoms with Crippen LogP contribution in [-0.2, 0) is 0 Å². The van der Waals surface area contributed by atoms with Crippen molar-refractivity contribution >= 4 is 17.4 Å². The molecule has 0 atom stereocenters. The second-order valence-corrected chi connectivity index (χ2v) is 3.58. The highest BCUT2D eigenvalue weighted by Crippen LogP contribution is 2.27. The van der Waals surface area contributed by atoms with E-state index < -0.39 is 0 Å². The maximum Gasteiger partial charge on any atom is 0.0791 e. The molecule has 66 valence electrons. The van der Waals surface area contributed by atoms with Crippen LogP contribution >= 0.6 is 11.8 Å². The largest absolute Gasteiger partial charge is 0.223 e. The van der Waals surface area contributed by atoms with Gasteiger partial charge >= 0.3 is 0 Å². The zero-order valence-electron chi connectivity index (χ0n) is 7.01. The van der Waals surface area contributed by atoms with Crippen molar-refractivity contribution in [3.8, 4) is 0 Å². The number of halogens is 1. The lowest BCUT2D eigenvalue weighted by molar-refractivity contribution is 0.614. The van der Waals surface area contributed by atoms with Gasteiger partial charge in [-0.3, -0.25) is 0 Å². The average Bonchev–Trinajstić information content (AvgIpc) is 2.15. The van der Waals surface area contributed by atoms with E-state index in [9.17, 15) is 4.48 Å². The number of rotatable bonds is 4. The van der Waals surface area contributed by atoms with E-state index in [4.69, 9.17) is 0 Å². The monoisotopic (exact) mass is 185 g/mol. The molecule has 0 aliphatic heterocycles. The summed E-state index contributed by atoms with van der Waals surface area (Å²) in [5, 5.41) is 0. The van der Waals surface area contributed by atoms with Gasteiger partial charge in [0.25, 0.3) is 0 Å². The van der Waals surface area contributed by atoms with Gasteiger partial charge in [-0.25, -0.2) is 5.54 Å². The van der Waals surface area contributed by atoms with E-state index in [-0.39, 0.29) is 0 Å². The van der Waals surface area contributed by atoms with Gasteiger partial charge in [-0.2, -0.15) is 0 Å². The number of hydrogen-bond donors (Lipinski definition) is 1. The quantitative estimate of drug-likeness (QED) is 0.569. The van der Waals surface area contributed by atoms with Crippen molar-refractivity contribution in [1.29, 1.82) is 0 Å². The molecule has 1 rings (SSSR count). The molecule has 0 saturated heterocycles. The molecular formula is C9H12FNS. The van der Waals surface area contributed by atoms with Gasteiger partial charge in [0.05, 0.1) is 5.69 Å². The Bertz CT molecular complexity index is 240. The van der Waals surface area contributed by atoms with Gasteiger partial charge in [0.1, 0.15) is 0 Å². The molecule has 0 unspecified atom stereocenters. The summed E-state index contributed by atoms with van der Waals surface area (Å²) in [6.45, 7) is 2.11. The summed E-state index contributed by atoms with van der Waals surface area (Å²) in [5.41, 5.74) is 2.25. The van der Waals surface area contributed by atoms with Gasteiger partial charge in [0.15, 0.2) is 0 Å². The Morgan fingerprint density at radius 1 is 1.42 bits per heavy atom. The van der Waals surface area contributed by atoms with Crippen molar-refractivity contribution < 1.29 is 4.48 Å². The van der Waals surface area contributed by atoms with Gasteiger partial charge < -0.3 is 0 Å². The Hall–Kier alpha value is -0.700. The standard InChI is InChI=1S/C9H12FNS/c1-2-7-12-9-6-4-3-5-8(9)11-10/h3-6,11H,2,7H2,1H3. The minimum Gasteiger partial charge on any atom is -0.223 e. The van der Waals surface area contributed by atoms with Crippen molar-refractivity contribution in [2.45, 2.75) is 18.2 Å². The number of benzene rings is 1. The highest BCUT2D eigenvalue weighted by atomic mass is 32.2. The summed E-state index contributed by atoms with van der Waals surface area (Å²) in [7, 11) is 0. The van der Waals surface area contributed by atoms with Crippen LogP contribution < -0.4 is 5.54 Å². The minimum atomic E-state index is 0.566. The van der Waals surface area contributed by atoms with Crippen LogP contribution in [0.15, 0.2) is 29.2 Å². The molecule has 1 aromatic rings. The van der Waals surface area contributed by atoms with E-state index in [0.29, 0.717) is 5.69 Å². The molecule has 0 heterocycles. The summed E-state index contributed by atoms with van der Waals surface area (Å²) in [4.78, 5) is 0.974. The van der Waals surface area contributed by atoms with E-state index in [1.165, 1.54) is 0 Å². The van der Waals surface area contributed by atoms with Crippen LogP contribution in [0.25, 0.3) is 0 Å². The van der Waals surface area contributed by atoms with E-state index >= 15 is 0 Å². The van der Waals surface area contributed by atoms with Crippen molar-refractivity contribution in [3.63, 3.8) is 0 Å². The molecule has 1 aromatic carbocycles. The van der Waals surface area contributed by atoms with Gasteiger partial charge in [-0.1, -0.05) is 19.1 Å². The molecule has 0 aromatic heterocycles. The van der Waals surface area contributed by atoms with E-state index in [1.54, 1.807) is 23.4 Å². The Morgan fingerprint density at radius 2 is 2.17 bits per heavy atom. The maximum absolute atomic E-state index is 12.1. The first-order chi connectivity index (χ1) is 5.88. The minimum absolute atomic E-state index is 0.566. The number of hydrogen-bond acceptors (Lipinski definition) is 2. The van der Waals surface area contributed by atoms with Crippen LogP contribution in [0.4, 0.5) is 10.2 Å². The molecule has 0 radical (unpaired) electrons. The molecule has 12 heavy (non-hydrogen) atoms. The van der Waals surface area contributed by atoms with E-state index in [1.807, 2.05) is 18.2 Å². The number of thioether (sulfide) groups is 1. The molecule has 1 nitrogen and oxygen atoms in total. The Labute approximate surface area is 76.3 Å². The first-order valence-electron chi connectivity index (χ1n) is 3.97. The van der Waals surface area contributed by atoms with Gasteiger partial charge in [-0.05, 0) is 24.3 Å². The first kappa shape index (κ1) is 9.39. The lowest BCUT2D eigenvalue weighted by Crippen LogP contribution is -1.85. The summed E-state index contributed by atoms with van der Waals surface area (Å²) in [5.74, 6) is 1.03. The molecule has 0 aliphatic rings. The van der Waals surface area contributed by atoms with Crippen molar-refractivity contribution in [1.82, 2.24) is 0 Å². The highest BCUT2D eigenvalue weighted by molar-refractivity contribution is 7.99. The van der Waals surface area contributed by atoms with Crippen LogP contribution in [0.2, 0.25) is 0 Å². The zero-order chi connectivity index (χ0) is 8.81. The van der Waals surface area contributed by atoms with Crippen LogP contribution in [-0.4, -0.2) is 5.75 Å². The SMILES string of the molecule is CCCSc1ccccc1NF. The third kappa shape index (κ3) is 2.41. The molecule has 3 heteroatoms. The van der Waals surface area contributed by atoms with E-state index in [0.717, 1.165) is 17.1 Å². The fourth-order valence-electron chi connectivity index (χ4n) is 0.883. The van der Waals surface area contributed by atoms with Gasteiger partial charge in [0, 0.05) is 4.90 Å². The van der Waals surface area contributed by atoms with E-state index in [2.05, 4.69) is 6.92 Å². The van der Waals surface area contributed by atoms with Crippen LogP contribution in [0.5, 0.6) is 0 Å². The maximum atomic E-state index is 12.1. The third-order valence-electron chi connectivity index (χ3n) is 1.45. The van der Waals surface area contributed by atoms with Crippen molar-refractivity contribution in [2.24, 2.45) is 0 Å². The molecule has 1 N–H and O–H groups in total. The van der Waals surface area contributed by atoms with Crippen LogP contribution in [0.1, 0.15) is 13.3 Å². The molecule has 0 aliphatic carbocycles. The summed E-state index contributed by atoms with van der Waals surface area (Å²) < 4.78 is 12.1. The topological polar surface area (TPSA) is 12.0 Å². The number of anilines is 1. The normalized spacial score (nSPS) is 9.83. The Kier molecular flexibility index (Phi) is 3.94. The molecular weight excluding hydrogens is 173 g/mol. The molecule has 0 saturated carbocycles. The molecule has 0 amide bonds. The van der Waals surface area contributed by atoms with Gasteiger partial charge in [0.2, 0.25) is 0 Å². The Morgan fingerprint density at radius 3 is 2.83 bits per heavy atom. The molecule has 0 fully saturated rings. The van der Waals surface area contributed by atoms with Gasteiger partial charge in [-0.15, -0.1) is 16.2 Å². The Balaban J connectivity index is 2.68. The summed E-state index contributed by atoms with van der Waals surface area (Å²) in [6, 6.07) is 7.39. The van der Waals surface area contributed by atoms with Crippen molar-refractivity contribution in [2.75, 3.05) is 11.3 Å². The second kappa shape index (κ2) is 5.04. The summed E-state index contributed by atoms with van der Waals surface area (Å²) >= 11 is 1.67. The lowest BCUT2D eigenvalue weighted by Gasteiger charge is -2.04. The number of para-hydroxylation sites is 1. The first-order valence-corrected chi connectivity index (χ1v) is 4.95. The fraction of sp³-hybridized carbons (Fsp3) is 0.333. The highest BCUT2D eigenvalue weighted by Gasteiger charge is 1.99. The zero-order valence-corrected chi connectivity index (χ0v) is 7.83. The van der Waals surface area contributed by atoms with Crippen LogP contribution in [0.3, 0.4) is 0 Å². The predicted molar refractivity (Wildman–Crippen MR) is 52.2 cm³/mol. The average molecular weight is 185 g/mol. The summed E-state index contributed by atoms with van der Waals surface area (Å²) in [6.07, 6.45) is 1.10. The molecule has 0 bridgehead atoms.